The summed E-state index contributed by atoms with van der Waals surface area (Å²) in [7, 11) is 7.66. The minimum Gasteiger partial charge on any atom is -0.497 e. The van der Waals surface area contributed by atoms with Crippen LogP contribution in [0, 0.1) is 5.92 Å². The average Bonchev–Trinajstić information content (AvgIpc) is 2.96. The minimum atomic E-state index is -0.640. The van der Waals surface area contributed by atoms with Gasteiger partial charge >= 0.3 is 0 Å². The Balaban J connectivity index is 1.79. The summed E-state index contributed by atoms with van der Waals surface area (Å²) >= 11 is 6.34. The molecule has 0 radical (unpaired) electrons. The van der Waals surface area contributed by atoms with E-state index in [2.05, 4.69) is 5.32 Å². The number of nitrogens with one attached hydrogen (secondary N) is 1. The molecule has 4 rings (SSSR count). The number of piperidine rings is 1. The molecule has 0 aliphatic carbocycles. The number of anilines is 2. The molecule has 1 N–H and O–H groups in total. The van der Waals surface area contributed by atoms with Gasteiger partial charge in [0.1, 0.15) is 17.2 Å². The van der Waals surface area contributed by atoms with Crippen LogP contribution in [0.4, 0.5) is 11.4 Å². The zero-order valence-electron chi connectivity index (χ0n) is 22.4. The van der Waals surface area contributed by atoms with Crippen LogP contribution in [0.25, 0.3) is 0 Å². The van der Waals surface area contributed by atoms with Gasteiger partial charge in [0.2, 0.25) is 11.8 Å². The van der Waals surface area contributed by atoms with E-state index >= 15 is 0 Å². The van der Waals surface area contributed by atoms with E-state index in [1.807, 2.05) is 6.07 Å². The van der Waals surface area contributed by atoms with Crippen molar-refractivity contribution in [1.29, 1.82) is 0 Å². The summed E-state index contributed by atoms with van der Waals surface area (Å²) < 4.78 is 27.0. The molecule has 0 unspecified atom stereocenters. The van der Waals surface area contributed by atoms with E-state index in [1.54, 1.807) is 74.8 Å². The molecular weight excluding hydrogens is 524 g/mol. The lowest BCUT2D eigenvalue weighted by Gasteiger charge is -2.41. The number of methoxy groups -OCH3 is 5. The molecule has 1 aliphatic heterocycles. The topological polar surface area (TPSA) is 95.6 Å². The van der Waals surface area contributed by atoms with E-state index in [9.17, 15) is 9.59 Å². The number of hydrogen-bond donors (Lipinski definition) is 1. The molecule has 0 bridgehead atoms. The molecule has 1 heterocycles. The Morgan fingerprint density at radius 2 is 1.49 bits per heavy atom. The normalized spacial score (nSPS) is 16.9. The van der Waals surface area contributed by atoms with Gasteiger partial charge in [-0.05, 0) is 54.4 Å². The van der Waals surface area contributed by atoms with E-state index in [4.69, 9.17) is 35.3 Å². The molecule has 10 heteroatoms. The number of ether oxygens (including phenoxy) is 5. The lowest BCUT2D eigenvalue weighted by Crippen LogP contribution is -2.47. The van der Waals surface area contributed by atoms with Crippen LogP contribution in [0.5, 0.6) is 28.7 Å². The fourth-order valence-corrected chi connectivity index (χ4v) is 5.06. The average molecular weight is 555 g/mol. The van der Waals surface area contributed by atoms with Crippen molar-refractivity contribution in [2.24, 2.45) is 5.92 Å². The third-order valence-corrected chi connectivity index (χ3v) is 7.06. The summed E-state index contributed by atoms with van der Waals surface area (Å²) in [5, 5.41) is 3.28. The van der Waals surface area contributed by atoms with Gasteiger partial charge in [0, 0.05) is 18.2 Å². The molecule has 9 nitrogen and oxygen atoms in total. The Labute approximate surface area is 232 Å². The molecule has 3 aromatic carbocycles. The van der Waals surface area contributed by atoms with Crippen LogP contribution in [-0.2, 0) is 9.59 Å². The lowest BCUT2D eigenvalue weighted by molar-refractivity contribution is -0.126. The third-order valence-electron chi connectivity index (χ3n) is 6.77. The molecule has 0 saturated carbocycles. The molecule has 39 heavy (non-hydrogen) atoms. The zero-order valence-corrected chi connectivity index (χ0v) is 23.2. The van der Waals surface area contributed by atoms with Gasteiger partial charge in [-0.15, -0.1) is 0 Å². The summed E-state index contributed by atoms with van der Waals surface area (Å²) in [4.78, 5) is 29.0. The first-order chi connectivity index (χ1) is 18.8. The van der Waals surface area contributed by atoms with Crippen LogP contribution < -0.4 is 33.9 Å². The van der Waals surface area contributed by atoms with Gasteiger partial charge in [-0.3, -0.25) is 9.59 Å². The molecule has 1 saturated heterocycles. The van der Waals surface area contributed by atoms with Crippen LogP contribution in [0.3, 0.4) is 0 Å². The lowest BCUT2D eigenvalue weighted by atomic mass is 9.83. The van der Waals surface area contributed by atoms with Crippen molar-refractivity contribution in [1.82, 2.24) is 0 Å². The predicted octanol–water partition coefficient (Wildman–Crippen LogP) is 5.51. The quantitative estimate of drug-likeness (QED) is 0.373. The maximum Gasteiger partial charge on any atom is 0.230 e. The first kappa shape index (κ1) is 27.9. The first-order valence-corrected chi connectivity index (χ1v) is 12.6. The minimum absolute atomic E-state index is 0.103. The van der Waals surface area contributed by atoms with Crippen LogP contribution >= 0.6 is 11.6 Å². The molecule has 0 aromatic heterocycles. The fraction of sp³-hybridized carbons (Fsp3) is 0.310. The van der Waals surface area contributed by atoms with Gasteiger partial charge in [0.05, 0.1) is 58.2 Å². The van der Waals surface area contributed by atoms with Crippen LogP contribution in [-0.4, -0.2) is 47.4 Å². The number of hydrogen-bond acceptors (Lipinski definition) is 7. The maximum atomic E-state index is 13.9. The van der Waals surface area contributed by atoms with Gasteiger partial charge < -0.3 is 33.9 Å². The largest absolute Gasteiger partial charge is 0.497 e. The molecule has 3 aromatic rings. The van der Waals surface area contributed by atoms with Gasteiger partial charge in [0.25, 0.3) is 0 Å². The SMILES string of the molecule is COc1ccc(N2C(=O)CC[C@@H](C(=O)Nc3cc(Cl)c(OC)cc3OC)[C@H]2c2ccc(OC)c(OC)c2)cc1. The van der Waals surface area contributed by atoms with Crippen LogP contribution in [0.2, 0.25) is 5.02 Å². The molecule has 1 fully saturated rings. The van der Waals surface area contributed by atoms with Crippen molar-refractivity contribution < 1.29 is 33.3 Å². The highest BCUT2D eigenvalue weighted by Crippen LogP contribution is 2.44. The van der Waals surface area contributed by atoms with Crippen molar-refractivity contribution in [2.75, 3.05) is 45.8 Å². The van der Waals surface area contributed by atoms with E-state index < -0.39 is 12.0 Å². The number of amides is 2. The molecular formula is C29H31ClN2O7. The van der Waals surface area contributed by atoms with Gasteiger partial charge in [0.15, 0.2) is 11.5 Å². The summed E-state index contributed by atoms with van der Waals surface area (Å²) in [5.41, 5.74) is 1.76. The number of carbonyl (C=O) groups excluding carboxylic acids is 2. The van der Waals surface area contributed by atoms with Crippen molar-refractivity contribution in [3.05, 3.63) is 65.2 Å². The van der Waals surface area contributed by atoms with Crippen molar-refractivity contribution in [3.8, 4) is 28.7 Å². The number of carbonyl (C=O) groups is 2. The van der Waals surface area contributed by atoms with E-state index in [0.29, 0.717) is 51.6 Å². The molecule has 206 valence electrons. The van der Waals surface area contributed by atoms with Crippen LogP contribution in [0.15, 0.2) is 54.6 Å². The highest BCUT2D eigenvalue weighted by molar-refractivity contribution is 6.32. The maximum absolute atomic E-state index is 13.9. The summed E-state index contributed by atoms with van der Waals surface area (Å²) in [6.07, 6.45) is 0.525. The molecule has 0 spiro atoms. The second-order valence-electron chi connectivity index (χ2n) is 8.84. The highest BCUT2D eigenvalue weighted by Gasteiger charge is 2.42. The van der Waals surface area contributed by atoms with E-state index in [0.717, 1.165) is 5.56 Å². The van der Waals surface area contributed by atoms with E-state index in [1.165, 1.54) is 14.2 Å². The summed E-state index contributed by atoms with van der Waals surface area (Å²) in [6.45, 7) is 0. The Bertz CT molecular complexity index is 1350. The van der Waals surface area contributed by atoms with Gasteiger partial charge in [-0.1, -0.05) is 17.7 Å². The van der Waals surface area contributed by atoms with Gasteiger partial charge in [-0.2, -0.15) is 0 Å². The predicted molar refractivity (Wildman–Crippen MR) is 149 cm³/mol. The standard InChI is InChI=1S/C29H31ClN2O7/c1-35-19-9-7-18(8-10-19)32-27(33)13-11-20(28(32)17-6-12-23(36-2)26(14-17)39-5)29(34)31-22-15-21(30)24(37-3)16-25(22)38-4/h6-10,12,14-16,20,28H,11,13H2,1-5H3,(H,31,34)/t20-,28-/m1/s1. The van der Waals surface area contributed by atoms with Crippen molar-refractivity contribution in [3.63, 3.8) is 0 Å². The fourth-order valence-electron chi connectivity index (χ4n) is 4.82. The molecule has 2 atom stereocenters. The van der Waals surface area contributed by atoms with Crippen LogP contribution in [0.1, 0.15) is 24.4 Å². The number of halogens is 1. The zero-order chi connectivity index (χ0) is 28.1. The second kappa shape index (κ2) is 12.2. The van der Waals surface area contributed by atoms with Crippen molar-refractivity contribution in [2.45, 2.75) is 18.9 Å². The Morgan fingerprint density at radius 1 is 0.821 bits per heavy atom. The smallest absolute Gasteiger partial charge is 0.230 e. The Morgan fingerprint density at radius 3 is 2.10 bits per heavy atom. The van der Waals surface area contributed by atoms with Gasteiger partial charge in [-0.25, -0.2) is 0 Å². The van der Waals surface area contributed by atoms with Crippen molar-refractivity contribution >= 4 is 34.8 Å². The summed E-state index contributed by atoms with van der Waals surface area (Å²) in [6, 6.07) is 15.1. The molecule has 2 amide bonds. The third kappa shape index (κ3) is 5.68. The Kier molecular flexibility index (Phi) is 8.71. The number of nitrogens with zero attached hydrogens (tertiary/aromatic N) is 1. The number of benzene rings is 3. The van der Waals surface area contributed by atoms with E-state index in [-0.39, 0.29) is 18.2 Å². The summed E-state index contributed by atoms with van der Waals surface area (Å²) in [5.74, 6) is 1.49. The highest BCUT2D eigenvalue weighted by atomic mass is 35.5. The second-order valence-corrected chi connectivity index (χ2v) is 9.25. The Hall–Kier alpha value is -4.11. The monoisotopic (exact) mass is 554 g/mol. The molecule has 1 aliphatic rings. The number of rotatable bonds is 9. The first-order valence-electron chi connectivity index (χ1n) is 12.3.